The second-order valence-electron chi connectivity index (χ2n) is 11.3. The van der Waals surface area contributed by atoms with Crippen LogP contribution in [0.4, 0.5) is 17.1 Å². The lowest BCUT2D eigenvalue weighted by Gasteiger charge is -2.26. The van der Waals surface area contributed by atoms with Gasteiger partial charge in [0.05, 0.1) is 28.3 Å². The van der Waals surface area contributed by atoms with Crippen molar-refractivity contribution in [1.82, 2.24) is 14.1 Å². The standard InChI is InChI=1S/C41H28N4/c1-4-12-29(13-5-1)43(32-20-22-39-36(26-32)34-18-10-11-19-38(34)44(39)30-14-6-2-7-15-30)33-21-23-40-37(27-33)35-24-25-42-28-41(35)45(40)31-16-8-3-9-17-31/h1-28H. The molecule has 212 valence electrons. The van der Waals surface area contributed by atoms with Gasteiger partial charge in [0.2, 0.25) is 0 Å². The highest BCUT2D eigenvalue weighted by molar-refractivity contribution is 6.12. The van der Waals surface area contributed by atoms with Crippen LogP contribution < -0.4 is 4.90 Å². The highest BCUT2D eigenvalue weighted by Crippen LogP contribution is 2.42. The lowest BCUT2D eigenvalue weighted by molar-refractivity contribution is 1.16. The minimum absolute atomic E-state index is 1.09. The summed E-state index contributed by atoms with van der Waals surface area (Å²) < 4.78 is 4.67. The van der Waals surface area contributed by atoms with Gasteiger partial charge < -0.3 is 14.0 Å². The maximum absolute atomic E-state index is 4.49. The fourth-order valence-electron chi connectivity index (χ4n) is 6.83. The van der Waals surface area contributed by atoms with Crippen LogP contribution >= 0.6 is 0 Å². The van der Waals surface area contributed by atoms with E-state index >= 15 is 0 Å². The predicted octanol–water partition coefficient (Wildman–Crippen LogP) is 10.7. The van der Waals surface area contributed by atoms with E-state index in [4.69, 9.17) is 0 Å². The molecule has 4 nitrogen and oxygen atoms in total. The Morgan fingerprint density at radius 1 is 0.378 bits per heavy atom. The Morgan fingerprint density at radius 2 is 0.867 bits per heavy atom. The van der Waals surface area contributed by atoms with Crippen LogP contribution in [0.5, 0.6) is 0 Å². The highest BCUT2D eigenvalue weighted by Gasteiger charge is 2.19. The number of fused-ring (bicyclic) bond motifs is 6. The van der Waals surface area contributed by atoms with E-state index in [2.05, 4.69) is 177 Å². The van der Waals surface area contributed by atoms with Crippen molar-refractivity contribution in [2.45, 2.75) is 0 Å². The number of para-hydroxylation sites is 4. The smallest absolute Gasteiger partial charge is 0.0724 e. The molecule has 0 saturated carbocycles. The quantitative estimate of drug-likeness (QED) is 0.204. The average molecular weight is 577 g/mol. The first kappa shape index (κ1) is 25.4. The van der Waals surface area contributed by atoms with Gasteiger partial charge >= 0.3 is 0 Å². The third-order valence-corrected chi connectivity index (χ3v) is 8.77. The monoisotopic (exact) mass is 576 g/mol. The number of rotatable bonds is 5. The summed E-state index contributed by atoms with van der Waals surface area (Å²) in [6, 6.07) is 56.2. The first-order chi connectivity index (χ1) is 22.3. The van der Waals surface area contributed by atoms with Crippen molar-refractivity contribution in [2.75, 3.05) is 4.90 Å². The van der Waals surface area contributed by atoms with E-state index in [1.165, 1.54) is 32.6 Å². The molecule has 3 aromatic heterocycles. The van der Waals surface area contributed by atoms with Crippen molar-refractivity contribution in [2.24, 2.45) is 0 Å². The molecule has 3 heterocycles. The zero-order valence-corrected chi connectivity index (χ0v) is 24.5. The second kappa shape index (κ2) is 10.2. The van der Waals surface area contributed by atoms with E-state index in [-0.39, 0.29) is 0 Å². The molecule has 0 radical (unpaired) electrons. The normalized spacial score (nSPS) is 11.6. The molecule has 6 aromatic carbocycles. The van der Waals surface area contributed by atoms with Crippen molar-refractivity contribution < 1.29 is 0 Å². The third kappa shape index (κ3) is 4.04. The second-order valence-corrected chi connectivity index (χ2v) is 11.3. The van der Waals surface area contributed by atoms with Crippen molar-refractivity contribution in [3.8, 4) is 11.4 Å². The van der Waals surface area contributed by atoms with Crippen LogP contribution in [-0.2, 0) is 0 Å². The Kier molecular flexibility index (Phi) is 5.78. The van der Waals surface area contributed by atoms with Crippen molar-refractivity contribution >= 4 is 60.7 Å². The molecule has 0 amide bonds. The molecule has 0 bridgehead atoms. The number of pyridine rings is 1. The molecule has 0 aliphatic carbocycles. The van der Waals surface area contributed by atoms with Gasteiger partial charge in [0.15, 0.2) is 0 Å². The van der Waals surface area contributed by atoms with Crippen LogP contribution in [0.2, 0.25) is 0 Å². The number of hydrogen-bond acceptors (Lipinski definition) is 2. The molecule has 0 N–H and O–H groups in total. The van der Waals surface area contributed by atoms with Crippen LogP contribution in [0.15, 0.2) is 170 Å². The Hall–Kier alpha value is -6.13. The minimum Gasteiger partial charge on any atom is -0.310 e. The van der Waals surface area contributed by atoms with Crippen LogP contribution in [0, 0.1) is 0 Å². The Bertz CT molecular complexity index is 2320. The van der Waals surface area contributed by atoms with Gasteiger partial charge in [0.1, 0.15) is 0 Å². The summed E-state index contributed by atoms with van der Waals surface area (Å²) in [4.78, 5) is 6.85. The molecule has 0 aliphatic rings. The summed E-state index contributed by atoms with van der Waals surface area (Å²) in [5.74, 6) is 0. The highest BCUT2D eigenvalue weighted by atomic mass is 15.1. The molecular weight excluding hydrogens is 548 g/mol. The summed E-state index contributed by atoms with van der Waals surface area (Å²) in [5, 5.41) is 4.83. The molecule has 9 rings (SSSR count). The van der Waals surface area contributed by atoms with Gasteiger partial charge in [-0.1, -0.05) is 72.8 Å². The van der Waals surface area contributed by atoms with Crippen LogP contribution in [0.3, 0.4) is 0 Å². The third-order valence-electron chi connectivity index (χ3n) is 8.77. The number of hydrogen-bond donors (Lipinski definition) is 0. The molecule has 0 aliphatic heterocycles. The summed E-state index contributed by atoms with van der Waals surface area (Å²) in [6.07, 6.45) is 3.85. The molecule has 0 saturated heterocycles. The Morgan fingerprint density at radius 3 is 1.49 bits per heavy atom. The summed E-state index contributed by atoms with van der Waals surface area (Å²) in [7, 11) is 0. The summed E-state index contributed by atoms with van der Waals surface area (Å²) in [6.45, 7) is 0. The molecule has 0 fully saturated rings. The first-order valence-corrected chi connectivity index (χ1v) is 15.2. The Balaban J connectivity index is 1.28. The van der Waals surface area contributed by atoms with Gasteiger partial charge in [0, 0.05) is 56.2 Å². The fraction of sp³-hybridized carbons (Fsp3) is 0. The van der Waals surface area contributed by atoms with E-state index in [0.29, 0.717) is 0 Å². The first-order valence-electron chi connectivity index (χ1n) is 15.2. The number of anilines is 3. The molecule has 4 heteroatoms. The minimum atomic E-state index is 1.09. The molecule has 9 aromatic rings. The van der Waals surface area contributed by atoms with E-state index in [0.717, 1.165) is 39.5 Å². The van der Waals surface area contributed by atoms with E-state index < -0.39 is 0 Å². The van der Waals surface area contributed by atoms with Gasteiger partial charge in [-0.15, -0.1) is 0 Å². The number of nitrogens with zero attached hydrogens (tertiary/aromatic N) is 4. The van der Waals surface area contributed by atoms with Crippen LogP contribution in [0.1, 0.15) is 0 Å². The van der Waals surface area contributed by atoms with Crippen molar-refractivity contribution in [3.63, 3.8) is 0 Å². The summed E-state index contributed by atoms with van der Waals surface area (Å²) in [5.41, 5.74) is 10.2. The van der Waals surface area contributed by atoms with E-state index in [1.54, 1.807) is 0 Å². The van der Waals surface area contributed by atoms with Crippen molar-refractivity contribution in [1.29, 1.82) is 0 Å². The van der Waals surface area contributed by atoms with Gasteiger partial charge in [0.25, 0.3) is 0 Å². The van der Waals surface area contributed by atoms with Gasteiger partial charge in [-0.2, -0.15) is 0 Å². The van der Waals surface area contributed by atoms with Gasteiger partial charge in [-0.25, -0.2) is 0 Å². The maximum Gasteiger partial charge on any atom is 0.0724 e. The molecule has 0 spiro atoms. The van der Waals surface area contributed by atoms with Crippen LogP contribution in [-0.4, -0.2) is 14.1 Å². The largest absolute Gasteiger partial charge is 0.310 e. The summed E-state index contributed by atoms with van der Waals surface area (Å²) >= 11 is 0. The number of benzene rings is 6. The van der Waals surface area contributed by atoms with E-state index in [1.807, 2.05) is 12.4 Å². The average Bonchev–Trinajstić information content (AvgIpc) is 3.62. The van der Waals surface area contributed by atoms with E-state index in [9.17, 15) is 0 Å². The maximum atomic E-state index is 4.49. The molecule has 0 unspecified atom stereocenters. The lowest BCUT2D eigenvalue weighted by Crippen LogP contribution is -2.09. The van der Waals surface area contributed by atoms with Gasteiger partial charge in [-0.3, -0.25) is 4.98 Å². The van der Waals surface area contributed by atoms with Crippen LogP contribution in [0.25, 0.3) is 55.0 Å². The van der Waals surface area contributed by atoms with Crippen molar-refractivity contribution in [3.05, 3.63) is 170 Å². The van der Waals surface area contributed by atoms with Gasteiger partial charge in [-0.05, 0) is 84.9 Å². The predicted molar refractivity (Wildman–Crippen MR) is 188 cm³/mol. The zero-order chi connectivity index (χ0) is 29.7. The topological polar surface area (TPSA) is 26.0 Å². The zero-order valence-electron chi connectivity index (χ0n) is 24.5. The lowest BCUT2D eigenvalue weighted by atomic mass is 10.1. The fourth-order valence-corrected chi connectivity index (χ4v) is 6.83. The molecular formula is C41H28N4. The molecule has 45 heavy (non-hydrogen) atoms. The number of aromatic nitrogens is 3. The Labute approximate surface area is 260 Å². The molecule has 0 atom stereocenters. The SMILES string of the molecule is c1ccc(N(c2ccc3c(c2)c2ccccc2n3-c2ccccc2)c2ccc3c(c2)c2ccncc2n3-c2ccccc2)cc1.